The van der Waals surface area contributed by atoms with Gasteiger partial charge in [-0.05, 0) is 13.8 Å². The molecule has 1 heterocycles. The Morgan fingerprint density at radius 2 is 2.21 bits per heavy atom. The van der Waals surface area contributed by atoms with Crippen LogP contribution in [0.4, 0.5) is 5.82 Å². The van der Waals surface area contributed by atoms with Gasteiger partial charge in [-0.2, -0.15) is 5.10 Å². The van der Waals surface area contributed by atoms with Gasteiger partial charge in [-0.3, -0.25) is 9.48 Å². The van der Waals surface area contributed by atoms with Gasteiger partial charge in [-0.1, -0.05) is 12.2 Å². The maximum Gasteiger partial charge on any atom is 0.307 e. The Labute approximate surface area is 118 Å². The minimum absolute atomic E-state index is 0.217. The van der Waals surface area contributed by atoms with E-state index in [1.165, 1.54) is 0 Å². The summed E-state index contributed by atoms with van der Waals surface area (Å²) in [5.41, 5.74) is 7.27. The summed E-state index contributed by atoms with van der Waals surface area (Å²) in [4.78, 5) is 13.6. The fraction of sp³-hybridized carbons (Fsp3) is 0.583. The normalized spacial score (nSPS) is 10.3. The lowest BCUT2D eigenvalue weighted by Gasteiger charge is -2.20. The van der Waals surface area contributed by atoms with Gasteiger partial charge in [0.15, 0.2) is 0 Å². The van der Waals surface area contributed by atoms with Crippen molar-refractivity contribution in [3.05, 3.63) is 11.3 Å². The van der Waals surface area contributed by atoms with Crippen molar-refractivity contribution in [1.82, 2.24) is 9.78 Å². The van der Waals surface area contributed by atoms with Gasteiger partial charge in [0, 0.05) is 20.6 Å². The number of anilines is 1. The van der Waals surface area contributed by atoms with Crippen LogP contribution in [0.1, 0.15) is 24.6 Å². The molecule has 0 radical (unpaired) electrons. The Hall–Kier alpha value is -1.63. The molecule has 0 spiro atoms. The molecule has 1 aromatic heterocycles. The summed E-state index contributed by atoms with van der Waals surface area (Å²) in [5, 5.41) is 4.31. The van der Waals surface area contributed by atoms with Crippen molar-refractivity contribution in [2.45, 2.75) is 20.3 Å². The molecule has 19 heavy (non-hydrogen) atoms. The standard InChI is InChI=1S/C12H20N4O2S/c1-5-18-9(17)6-7-15(3)12-10(11(13)19)8(2)14-16(12)4/h5-7H2,1-4H3,(H2,13,19). The number of nitrogens with zero attached hydrogens (tertiary/aromatic N) is 3. The Kier molecular flexibility index (Phi) is 5.29. The second-order valence-corrected chi connectivity index (χ2v) is 4.69. The zero-order valence-electron chi connectivity index (χ0n) is 11.8. The van der Waals surface area contributed by atoms with E-state index < -0.39 is 0 Å². The topological polar surface area (TPSA) is 73.4 Å². The molecule has 0 atom stereocenters. The first-order valence-electron chi connectivity index (χ1n) is 6.08. The first-order chi connectivity index (χ1) is 8.88. The van der Waals surface area contributed by atoms with Crippen molar-refractivity contribution >= 4 is 29.0 Å². The van der Waals surface area contributed by atoms with E-state index in [1.807, 2.05) is 25.9 Å². The summed E-state index contributed by atoms with van der Waals surface area (Å²) < 4.78 is 6.62. The molecule has 0 bridgehead atoms. The largest absolute Gasteiger partial charge is 0.466 e. The van der Waals surface area contributed by atoms with Crippen LogP contribution >= 0.6 is 12.2 Å². The molecule has 0 amide bonds. The van der Waals surface area contributed by atoms with Gasteiger partial charge in [0.2, 0.25) is 0 Å². The van der Waals surface area contributed by atoms with Crippen molar-refractivity contribution in [2.24, 2.45) is 12.8 Å². The Bertz CT molecular complexity index is 484. The number of nitrogens with two attached hydrogens (primary N) is 1. The van der Waals surface area contributed by atoms with Crippen molar-refractivity contribution in [3.63, 3.8) is 0 Å². The Morgan fingerprint density at radius 1 is 1.58 bits per heavy atom. The molecule has 0 fully saturated rings. The van der Waals surface area contributed by atoms with E-state index in [-0.39, 0.29) is 5.97 Å². The lowest BCUT2D eigenvalue weighted by molar-refractivity contribution is -0.142. The van der Waals surface area contributed by atoms with E-state index in [1.54, 1.807) is 11.6 Å². The number of ether oxygens (including phenoxy) is 1. The first kappa shape index (κ1) is 15.4. The summed E-state index contributed by atoms with van der Waals surface area (Å²) in [6.45, 7) is 4.56. The third-order valence-electron chi connectivity index (χ3n) is 2.76. The van der Waals surface area contributed by atoms with Crippen LogP contribution in [0.15, 0.2) is 0 Å². The smallest absolute Gasteiger partial charge is 0.307 e. The highest BCUT2D eigenvalue weighted by atomic mass is 32.1. The van der Waals surface area contributed by atoms with Gasteiger partial charge in [0.05, 0.1) is 24.3 Å². The highest BCUT2D eigenvalue weighted by Gasteiger charge is 2.19. The summed E-state index contributed by atoms with van der Waals surface area (Å²) in [5.74, 6) is 0.597. The van der Waals surface area contributed by atoms with Crippen LogP contribution in [0, 0.1) is 6.92 Å². The molecule has 1 rings (SSSR count). The third kappa shape index (κ3) is 3.66. The van der Waals surface area contributed by atoms with Crippen molar-refractivity contribution in [2.75, 3.05) is 25.1 Å². The van der Waals surface area contributed by atoms with Crippen LogP contribution < -0.4 is 10.6 Å². The molecule has 0 saturated carbocycles. The lowest BCUT2D eigenvalue weighted by atomic mass is 10.2. The van der Waals surface area contributed by atoms with Crippen molar-refractivity contribution in [3.8, 4) is 0 Å². The minimum atomic E-state index is -0.217. The first-order valence-corrected chi connectivity index (χ1v) is 6.49. The zero-order chi connectivity index (χ0) is 14.6. The quantitative estimate of drug-likeness (QED) is 0.614. The number of rotatable bonds is 6. The molecule has 7 heteroatoms. The molecule has 0 unspecified atom stereocenters. The predicted octanol–water partition coefficient (Wildman–Crippen LogP) is 0.752. The van der Waals surface area contributed by atoms with Crippen LogP contribution in [0.5, 0.6) is 0 Å². The maximum absolute atomic E-state index is 11.4. The molecule has 0 aromatic carbocycles. The average Bonchev–Trinajstić information content (AvgIpc) is 2.61. The summed E-state index contributed by atoms with van der Waals surface area (Å²) >= 11 is 5.05. The van der Waals surface area contributed by atoms with Crippen LogP contribution in [-0.2, 0) is 16.6 Å². The zero-order valence-corrected chi connectivity index (χ0v) is 12.6. The molecule has 6 nitrogen and oxygen atoms in total. The van der Waals surface area contributed by atoms with Crippen LogP contribution in [-0.4, -0.2) is 40.9 Å². The molecule has 0 aliphatic carbocycles. The van der Waals surface area contributed by atoms with E-state index in [0.717, 1.165) is 17.1 Å². The number of carbonyl (C=O) groups is 1. The molecule has 0 saturated heterocycles. The lowest BCUT2D eigenvalue weighted by Crippen LogP contribution is -2.26. The number of carbonyl (C=O) groups excluding carboxylic acids is 1. The van der Waals surface area contributed by atoms with Crippen molar-refractivity contribution in [1.29, 1.82) is 0 Å². The highest BCUT2D eigenvalue weighted by molar-refractivity contribution is 7.80. The number of thiocarbonyl (C=S) groups is 1. The van der Waals surface area contributed by atoms with Crippen LogP contribution in [0.25, 0.3) is 0 Å². The molecule has 0 aliphatic heterocycles. The monoisotopic (exact) mass is 284 g/mol. The summed E-state index contributed by atoms with van der Waals surface area (Å²) in [6, 6.07) is 0. The summed E-state index contributed by atoms with van der Waals surface area (Å²) in [7, 11) is 3.70. The molecule has 2 N–H and O–H groups in total. The van der Waals surface area contributed by atoms with E-state index in [4.69, 9.17) is 22.7 Å². The van der Waals surface area contributed by atoms with E-state index in [0.29, 0.717) is 24.6 Å². The fourth-order valence-corrected chi connectivity index (χ4v) is 2.21. The second kappa shape index (κ2) is 6.51. The fourth-order valence-electron chi connectivity index (χ4n) is 1.97. The van der Waals surface area contributed by atoms with Crippen molar-refractivity contribution < 1.29 is 9.53 Å². The van der Waals surface area contributed by atoms with Crippen LogP contribution in [0.3, 0.4) is 0 Å². The van der Waals surface area contributed by atoms with Gasteiger partial charge >= 0.3 is 5.97 Å². The Morgan fingerprint density at radius 3 is 2.74 bits per heavy atom. The minimum Gasteiger partial charge on any atom is -0.466 e. The van der Waals surface area contributed by atoms with Gasteiger partial charge in [0.1, 0.15) is 10.8 Å². The highest BCUT2D eigenvalue weighted by Crippen LogP contribution is 2.22. The van der Waals surface area contributed by atoms with Gasteiger partial charge < -0.3 is 15.4 Å². The van der Waals surface area contributed by atoms with Gasteiger partial charge in [-0.25, -0.2) is 0 Å². The molecular formula is C12H20N4O2S. The summed E-state index contributed by atoms with van der Waals surface area (Å²) in [6.07, 6.45) is 0.311. The number of aryl methyl sites for hydroxylation is 2. The number of esters is 1. The van der Waals surface area contributed by atoms with Gasteiger partial charge in [-0.15, -0.1) is 0 Å². The SMILES string of the molecule is CCOC(=O)CCN(C)c1c(C(N)=S)c(C)nn1C. The predicted molar refractivity (Wildman–Crippen MR) is 78.4 cm³/mol. The Balaban J connectivity index is 2.85. The van der Waals surface area contributed by atoms with E-state index in [9.17, 15) is 4.79 Å². The van der Waals surface area contributed by atoms with E-state index in [2.05, 4.69) is 5.10 Å². The third-order valence-corrected chi connectivity index (χ3v) is 2.96. The molecule has 1 aromatic rings. The molecular weight excluding hydrogens is 264 g/mol. The second-order valence-electron chi connectivity index (χ2n) is 4.25. The number of hydrogen-bond acceptors (Lipinski definition) is 5. The number of aromatic nitrogens is 2. The number of hydrogen-bond donors (Lipinski definition) is 1. The maximum atomic E-state index is 11.4. The van der Waals surface area contributed by atoms with Crippen LogP contribution in [0.2, 0.25) is 0 Å². The van der Waals surface area contributed by atoms with E-state index >= 15 is 0 Å². The molecule has 106 valence electrons. The van der Waals surface area contributed by atoms with Gasteiger partial charge in [0.25, 0.3) is 0 Å². The average molecular weight is 284 g/mol. The molecule has 0 aliphatic rings.